The fourth-order valence-electron chi connectivity index (χ4n) is 4.79. The largest absolute Gasteiger partial charge is 0.480 e. The van der Waals surface area contributed by atoms with E-state index in [4.69, 9.17) is 4.74 Å². The van der Waals surface area contributed by atoms with Crippen LogP contribution in [0.2, 0.25) is 0 Å². The number of nitrogens with one attached hydrogen (secondary N) is 2. The van der Waals surface area contributed by atoms with Crippen molar-refractivity contribution in [1.82, 2.24) is 15.1 Å². The first kappa shape index (κ1) is 32.6. The number of anilines is 1. The van der Waals surface area contributed by atoms with Gasteiger partial charge in [0.15, 0.2) is 0 Å². The molecule has 2 aromatic rings. The number of imide groups is 1. The van der Waals surface area contributed by atoms with Gasteiger partial charge in [-0.05, 0) is 30.5 Å². The monoisotopic (exact) mass is 640 g/mol. The molecule has 2 heterocycles. The van der Waals surface area contributed by atoms with Gasteiger partial charge in [0.05, 0.1) is 16.8 Å². The lowest BCUT2D eigenvalue weighted by molar-refractivity contribution is -0.144. The summed E-state index contributed by atoms with van der Waals surface area (Å²) in [6, 6.07) is 12.7. The third kappa shape index (κ3) is 8.20. The summed E-state index contributed by atoms with van der Waals surface area (Å²) in [6.07, 6.45) is 0.0175. The maximum atomic E-state index is 13.2. The fourth-order valence-corrected chi connectivity index (χ4v) is 6.87. The molecular weight excluding hydrogens is 608 g/mol. The lowest BCUT2D eigenvalue weighted by Gasteiger charge is -2.29. The Labute approximate surface area is 261 Å². The van der Waals surface area contributed by atoms with E-state index in [1.54, 1.807) is 0 Å². The second-order valence-electron chi connectivity index (χ2n) is 10.2. The Hall–Kier alpha value is -4.30. The number of carbonyl (C=O) groups excluding carboxylic acids is 5. The molecule has 12 nitrogen and oxygen atoms in total. The fraction of sp³-hybridized carbons (Fsp3) is 0.333. The highest BCUT2D eigenvalue weighted by molar-refractivity contribution is 8.76. The molecule has 2 aliphatic rings. The number of amides is 5. The quantitative estimate of drug-likeness (QED) is 0.166. The first-order chi connectivity index (χ1) is 21.0. The molecule has 5 amide bonds. The van der Waals surface area contributed by atoms with Crippen LogP contribution in [0.5, 0.6) is 0 Å². The number of hydrogen-bond donors (Lipinski definition) is 3. The van der Waals surface area contributed by atoms with Gasteiger partial charge in [-0.25, -0.2) is 4.79 Å². The Balaban J connectivity index is 1.22. The number of piperidine rings is 1. The predicted molar refractivity (Wildman–Crippen MR) is 166 cm³/mol. The van der Waals surface area contributed by atoms with Crippen LogP contribution < -0.4 is 10.6 Å². The van der Waals surface area contributed by atoms with Crippen LogP contribution >= 0.6 is 21.6 Å². The standard InChI is InChI=1S/C30H32N4O8S2/c1-18-11-12-23(27(38)31-18)34-28(39)21-9-6-10-22(26(21)29(34)40)32-30(41)42-13-14-43-44-19(2)15-24(35)33(17-25(36)37)16-20-7-4-3-5-8-20/h3-10,19,23H,1,11-17H2,2H3,(H,31,38)(H,32,41)(H,36,37). The van der Waals surface area contributed by atoms with Crippen molar-refractivity contribution in [1.29, 1.82) is 0 Å². The summed E-state index contributed by atoms with van der Waals surface area (Å²) in [7, 11) is 2.81. The third-order valence-electron chi connectivity index (χ3n) is 6.81. The third-order valence-corrected chi connectivity index (χ3v) is 9.66. The van der Waals surface area contributed by atoms with Crippen LogP contribution in [0.15, 0.2) is 60.8 Å². The highest BCUT2D eigenvalue weighted by Crippen LogP contribution is 2.33. The molecule has 44 heavy (non-hydrogen) atoms. The van der Waals surface area contributed by atoms with E-state index in [0.717, 1.165) is 10.5 Å². The molecule has 2 aromatic carbocycles. The van der Waals surface area contributed by atoms with Crippen LogP contribution in [0.4, 0.5) is 10.5 Å². The van der Waals surface area contributed by atoms with Gasteiger partial charge in [0, 0.05) is 29.7 Å². The summed E-state index contributed by atoms with van der Waals surface area (Å²) in [5.74, 6) is -2.72. The number of carboxylic acids is 1. The Kier molecular flexibility index (Phi) is 11.1. The van der Waals surface area contributed by atoms with Crippen LogP contribution in [0.1, 0.15) is 52.5 Å². The summed E-state index contributed by atoms with van der Waals surface area (Å²) < 4.78 is 5.24. The van der Waals surface area contributed by atoms with Gasteiger partial charge >= 0.3 is 12.1 Å². The molecular formula is C30H32N4O8S2. The number of fused-ring (bicyclic) bond motifs is 1. The minimum absolute atomic E-state index is 0.000668. The molecule has 2 aliphatic heterocycles. The molecule has 2 atom stereocenters. The van der Waals surface area contributed by atoms with Crippen molar-refractivity contribution in [3.05, 3.63) is 77.5 Å². The second kappa shape index (κ2) is 14.9. The van der Waals surface area contributed by atoms with Gasteiger partial charge in [-0.2, -0.15) is 0 Å². The molecule has 4 rings (SSSR count). The Morgan fingerprint density at radius 3 is 2.59 bits per heavy atom. The first-order valence-corrected chi connectivity index (χ1v) is 16.2. The van der Waals surface area contributed by atoms with E-state index in [2.05, 4.69) is 17.2 Å². The van der Waals surface area contributed by atoms with Gasteiger partial charge < -0.3 is 20.1 Å². The SMILES string of the molecule is C=C1CCC(N2C(=O)c3cccc(NC(=O)OCCSSC(C)CC(=O)N(CC(=O)O)Cc4ccccc4)c3C2=O)C(=O)N1. The molecule has 3 N–H and O–H groups in total. The van der Waals surface area contributed by atoms with Gasteiger partial charge in [-0.3, -0.25) is 34.2 Å². The zero-order chi connectivity index (χ0) is 31.8. The number of rotatable bonds is 13. The smallest absolute Gasteiger partial charge is 0.411 e. The van der Waals surface area contributed by atoms with E-state index in [0.29, 0.717) is 17.9 Å². The number of ether oxygens (including phenoxy) is 1. The molecule has 2 unspecified atom stereocenters. The van der Waals surface area contributed by atoms with Crippen LogP contribution in [-0.4, -0.2) is 80.8 Å². The Morgan fingerprint density at radius 1 is 1.14 bits per heavy atom. The molecule has 14 heteroatoms. The zero-order valence-electron chi connectivity index (χ0n) is 23.9. The Morgan fingerprint density at radius 2 is 1.89 bits per heavy atom. The van der Waals surface area contributed by atoms with E-state index < -0.39 is 42.4 Å². The normalized spacial score (nSPS) is 16.7. The highest BCUT2D eigenvalue weighted by atomic mass is 33.1. The molecule has 1 fully saturated rings. The molecule has 0 bridgehead atoms. The molecule has 0 radical (unpaired) electrons. The number of benzene rings is 2. The number of aliphatic carboxylic acids is 1. The van der Waals surface area contributed by atoms with E-state index in [-0.39, 0.29) is 54.0 Å². The summed E-state index contributed by atoms with van der Waals surface area (Å²) in [5, 5.41) is 14.2. The summed E-state index contributed by atoms with van der Waals surface area (Å²) >= 11 is 0. The zero-order valence-corrected chi connectivity index (χ0v) is 25.6. The lowest BCUT2D eigenvalue weighted by Crippen LogP contribution is -2.51. The number of allylic oxidation sites excluding steroid dienone is 1. The van der Waals surface area contributed by atoms with Gasteiger partial charge in [0.25, 0.3) is 11.8 Å². The van der Waals surface area contributed by atoms with E-state index in [1.165, 1.54) is 44.7 Å². The second-order valence-corrected chi connectivity index (χ2v) is 13.1. The van der Waals surface area contributed by atoms with E-state index >= 15 is 0 Å². The van der Waals surface area contributed by atoms with Crippen molar-refractivity contribution in [2.45, 2.75) is 44.0 Å². The minimum Gasteiger partial charge on any atom is -0.480 e. The predicted octanol–water partition coefficient (Wildman–Crippen LogP) is 3.90. The van der Waals surface area contributed by atoms with E-state index in [9.17, 15) is 33.9 Å². The molecule has 0 aliphatic carbocycles. The van der Waals surface area contributed by atoms with Gasteiger partial charge in [0.2, 0.25) is 11.8 Å². The topological polar surface area (TPSA) is 162 Å². The maximum absolute atomic E-state index is 13.2. The van der Waals surface area contributed by atoms with Crippen LogP contribution in [0.3, 0.4) is 0 Å². The molecule has 0 saturated carbocycles. The number of carboxylic acid groups (broad SMARTS) is 1. The van der Waals surface area contributed by atoms with E-state index in [1.807, 2.05) is 37.3 Å². The number of nitrogens with zero attached hydrogens (tertiary/aromatic N) is 2. The highest BCUT2D eigenvalue weighted by Gasteiger charge is 2.45. The summed E-state index contributed by atoms with van der Waals surface area (Å²) in [5.41, 5.74) is 1.55. The van der Waals surface area contributed by atoms with Crippen molar-refractivity contribution in [3.8, 4) is 0 Å². The van der Waals surface area contributed by atoms with Gasteiger partial charge in [0.1, 0.15) is 19.2 Å². The van der Waals surface area contributed by atoms with Crippen LogP contribution in [0.25, 0.3) is 0 Å². The average molecular weight is 641 g/mol. The maximum Gasteiger partial charge on any atom is 0.411 e. The summed E-state index contributed by atoms with van der Waals surface area (Å²) in [4.78, 5) is 77.5. The van der Waals surface area contributed by atoms with Crippen molar-refractivity contribution in [3.63, 3.8) is 0 Å². The number of carbonyl (C=O) groups is 6. The van der Waals surface area contributed by atoms with Crippen molar-refractivity contribution in [2.75, 3.05) is 24.2 Å². The Bertz CT molecular complexity index is 1470. The minimum atomic E-state index is -1.09. The summed E-state index contributed by atoms with van der Waals surface area (Å²) in [6.45, 7) is 5.41. The van der Waals surface area contributed by atoms with Crippen molar-refractivity contribution >= 4 is 63.0 Å². The molecule has 0 aromatic heterocycles. The van der Waals surface area contributed by atoms with Gasteiger partial charge in [-0.1, -0.05) is 71.5 Å². The first-order valence-electron chi connectivity index (χ1n) is 13.8. The lowest BCUT2D eigenvalue weighted by atomic mass is 10.0. The van der Waals surface area contributed by atoms with Crippen LogP contribution in [0, 0.1) is 0 Å². The average Bonchev–Trinajstić information content (AvgIpc) is 3.23. The molecule has 0 spiro atoms. The van der Waals surface area contributed by atoms with Crippen LogP contribution in [-0.2, 0) is 25.7 Å². The van der Waals surface area contributed by atoms with Crippen molar-refractivity contribution < 1.29 is 38.6 Å². The van der Waals surface area contributed by atoms with Crippen molar-refractivity contribution in [2.24, 2.45) is 0 Å². The molecule has 1 saturated heterocycles. The number of hydrogen-bond acceptors (Lipinski definition) is 9. The molecule has 232 valence electrons. The van der Waals surface area contributed by atoms with Gasteiger partial charge in [-0.15, -0.1) is 0 Å².